The molecule has 0 aliphatic heterocycles. The van der Waals surface area contributed by atoms with Crippen LogP contribution in [0.5, 0.6) is 11.5 Å². The van der Waals surface area contributed by atoms with Crippen molar-refractivity contribution >= 4 is 5.91 Å². The van der Waals surface area contributed by atoms with E-state index < -0.39 is 0 Å². The van der Waals surface area contributed by atoms with E-state index in [1.54, 1.807) is 13.4 Å². The smallest absolute Gasteiger partial charge is 0.257 e. The number of nitrogens with one attached hydrogen (secondary N) is 2. The second-order valence-corrected chi connectivity index (χ2v) is 6.28. The number of para-hydroxylation sites is 1. The summed E-state index contributed by atoms with van der Waals surface area (Å²) in [6.07, 6.45) is 1.70. The minimum atomic E-state index is -0.164. The van der Waals surface area contributed by atoms with Gasteiger partial charge >= 0.3 is 0 Å². The van der Waals surface area contributed by atoms with Crippen molar-refractivity contribution < 1.29 is 14.3 Å². The average molecular weight is 395 g/mol. The van der Waals surface area contributed by atoms with Crippen molar-refractivity contribution in [1.82, 2.24) is 25.4 Å². The van der Waals surface area contributed by atoms with Gasteiger partial charge < -0.3 is 20.1 Å². The van der Waals surface area contributed by atoms with Crippen LogP contribution < -0.4 is 20.1 Å². The zero-order valence-electron chi connectivity index (χ0n) is 16.6. The second-order valence-electron chi connectivity index (χ2n) is 6.28. The van der Waals surface area contributed by atoms with Crippen LogP contribution in [-0.4, -0.2) is 40.9 Å². The first kappa shape index (κ1) is 20.3. The van der Waals surface area contributed by atoms with Crippen LogP contribution in [0.15, 0.2) is 54.9 Å². The summed E-state index contributed by atoms with van der Waals surface area (Å²) in [5.41, 5.74) is 2.04. The van der Waals surface area contributed by atoms with Crippen LogP contribution in [0.4, 0.5) is 0 Å². The summed E-state index contributed by atoms with van der Waals surface area (Å²) in [5.74, 6) is 1.78. The van der Waals surface area contributed by atoms with Gasteiger partial charge in [-0.25, -0.2) is 0 Å². The van der Waals surface area contributed by atoms with Gasteiger partial charge in [-0.05, 0) is 36.8 Å². The second kappa shape index (κ2) is 10.2. The van der Waals surface area contributed by atoms with E-state index in [4.69, 9.17) is 9.47 Å². The van der Waals surface area contributed by atoms with Gasteiger partial charge in [-0.2, -0.15) is 0 Å². The maximum absolute atomic E-state index is 11.6. The molecule has 0 saturated heterocycles. The fourth-order valence-corrected chi connectivity index (χ4v) is 2.84. The molecular weight excluding hydrogens is 370 g/mol. The molecule has 3 aromatic rings. The van der Waals surface area contributed by atoms with Crippen molar-refractivity contribution in [3.05, 3.63) is 66.2 Å². The van der Waals surface area contributed by atoms with Crippen molar-refractivity contribution in [2.45, 2.75) is 20.0 Å². The Kier molecular flexibility index (Phi) is 7.18. The SMILES string of the molecule is CCNC(=O)COc1ccc(CNCc2nncn2-c2ccccc2)cc1OC. The Balaban J connectivity index is 1.58. The summed E-state index contributed by atoms with van der Waals surface area (Å²) in [4.78, 5) is 11.6. The molecule has 0 aliphatic rings. The highest BCUT2D eigenvalue weighted by Gasteiger charge is 2.09. The van der Waals surface area contributed by atoms with E-state index in [9.17, 15) is 4.79 Å². The Morgan fingerprint density at radius 3 is 2.69 bits per heavy atom. The van der Waals surface area contributed by atoms with Gasteiger partial charge in [0.25, 0.3) is 5.91 Å². The molecule has 1 aromatic heterocycles. The van der Waals surface area contributed by atoms with Gasteiger partial charge in [0.1, 0.15) is 6.33 Å². The van der Waals surface area contributed by atoms with E-state index in [-0.39, 0.29) is 12.5 Å². The van der Waals surface area contributed by atoms with Crippen LogP contribution in [-0.2, 0) is 17.9 Å². The van der Waals surface area contributed by atoms with Gasteiger partial charge in [-0.3, -0.25) is 9.36 Å². The van der Waals surface area contributed by atoms with E-state index in [0.717, 1.165) is 17.1 Å². The molecule has 0 radical (unpaired) electrons. The van der Waals surface area contributed by atoms with Crippen LogP contribution in [0, 0.1) is 0 Å². The number of rotatable bonds is 10. The minimum Gasteiger partial charge on any atom is -0.493 e. The third-order valence-electron chi connectivity index (χ3n) is 4.23. The molecular formula is C21H25N5O3. The maximum atomic E-state index is 11.6. The zero-order chi connectivity index (χ0) is 20.5. The first-order valence-electron chi connectivity index (χ1n) is 9.42. The van der Waals surface area contributed by atoms with Crippen molar-refractivity contribution in [2.24, 2.45) is 0 Å². The predicted octanol–water partition coefficient (Wildman–Crippen LogP) is 2.08. The minimum absolute atomic E-state index is 0.0447. The highest BCUT2D eigenvalue weighted by molar-refractivity contribution is 5.77. The lowest BCUT2D eigenvalue weighted by atomic mass is 10.2. The Morgan fingerprint density at radius 2 is 1.93 bits per heavy atom. The normalized spacial score (nSPS) is 10.6. The van der Waals surface area contributed by atoms with Crippen molar-refractivity contribution in [2.75, 3.05) is 20.3 Å². The lowest BCUT2D eigenvalue weighted by molar-refractivity contribution is -0.123. The van der Waals surface area contributed by atoms with Crippen LogP contribution in [0.25, 0.3) is 5.69 Å². The highest BCUT2D eigenvalue weighted by Crippen LogP contribution is 2.28. The van der Waals surface area contributed by atoms with Gasteiger partial charge in [0.2, 0.25) is 0 Å². The number of methoxy groups -OCH3 is 1. The molecule has 1 heterocycles. The van der Waals surface area contributed by atoms with Gasteiger partial charge in [-0.1, -0.05) is 24.3 Å². The van der Waals surface area contributed by atoms with Crippen LogP contribution in [0.2, 0.25) is 0 Å². The maximum Gasteiger partial charge on any atom is 0.257 e. The number of hydrogen-bond acceptors (Lipinski definition) is 6. The summed E-state index contributed by atoms with van der Waals surface area (Å²) in [6.45, 7) is 3.57. The molecule has 0 fully saturated rings. The monoisotopic (exact) mass is 395 g/mol. The molecule has 2 aromatic carbocycles. The van der Waals surface area contributed by atoms with Crippen molar-refractivity contribution in [1.29, 1.82) is 0 Å². The Labute approximate surface area is 169 Å². The van der Waals surface area contributed by atoms with E-state index >= 15 is 0 Å². The molecule has 0 aliphatic carbocycles. The predicted molar refractivity (Wildman–Crippen MR) is 109 cm³/mol. The van der Waals surface area contributed by atoms with E-state index in [2.05, 4.69) is 20.8 Å². The van der Waals surface area contributed by atoms with Crippen molar-refractivity contribution in [3.8, 4) is 17.2 Å². The topological polar surface area (TPSA) is 90.3 Å². The lowest BCUT2D eigenvalue weighted by Gasteiger charge is -2.12. The van der Waals surface area contributed by atoms with Crippen LogP contribution >= 0.6 is 0 Å². The first-order valence-corrected chi connectivity index (χ1v) is 9.42. The van der Waals surface area contributed by atoms with E-state index in [1.165, 1.54) is 0 Å². The quantitative estimate of drug-likeness (QED) is 0.546. The standard InChI is InChI=1S/C21H25N5O3/c1-3-23-21(27)14-29-18-10-9-16(11-19(18)28-2)12-22-13-20-25-24-15-26(20)17-7-5-4-6-8-17/h4-11,15,22H,3,12-14H2,1-2H3,(H,23,27). The summed E-state index contributed by atoms with van der Waals surface area (Å²) in [5, 5.41) is 14.3. The summed E-state index contributed by atoms with van der Waals surface area (Å²) in [6, 6.07) is 15.6. The number of aromatic nitrogens is 3. The van der Waals surface area contributed by atoms with Crippen molar-refractivity contribution in [3.63, 3.8) is 0 Å². The summed E-state index contributed by atoms with van der Waals surface area (Å²) < 4.78 is 12.9. The Bertz CT molecular complexity index is 927. The average Bonchev–Trinajstić information content (AvgIpc) is 3.22. The number of benzene rings is 2. The number of likely N-dealkylation sites (N-methyl/N-ethyl adjacent to an activating group) is 1. The molecule has 0 unspecified atom stereocenters. The summed E-state index contributed by atoms with van der Waals surface area (Å²) >= 11 is 0. The number of ether oxygens (including phenoxy) is 2. The molecule has 3 rings (SSSR count). The molecule has 8 heteroatoms. The van der Waals surface area contributed by atoms with Gasteiger partial charge in [-0.15, -0.1) is 10.2 Å². The molecule has 0 atom stereocenters. The van der Waals surface area contributed by atoms with E-state index in [0.29, 0.717) is 31.1 Å². The molecule has 8 nitrogen and oxygen atoms in total. The van der Waals surface area contributed by atoms with Crippen LogP contribution in [0.1, 0.15) is 18.3 Å². The molecule has 0 bridgehead atoms. The number of carbonyl (C=O) groups is 1. The number of nitrogens with zero attached hydrogens (tertiary/aromatic N) is 3. The number of amides is 1. The number of carbonyl (C=O) groups excluding carboxylic acids is 1. The van der Waals surface area contributed by atoms with E-state index in [1.807, 2.05) is 60.0 Å². The Hall–Kier alpha value is -3.39. The van der Waals surface area contributed by atoms with Crippen LogP contribution in [0.3, 0.4) is 0 Å². The molecule has 2 N–H and O–H groups in total. The zero-order valence-corrected chi connectivity index (χ0v) is 16.6. The molecule has 29 heavy (non-hydrogen) atoms. The fraction of sp³-hybridized carbons (Fsp3) is 0.286. The first-order chi connectivity index (χ1) is 14.2. The fourth-order valence-electron chi connectivity index (χ4n) is 2.84. The summed E-state index contributed by atoms with van der Waals surface area (Å²) in [7, 11) is 1.58. The molecule has 1 amide bonds. The molecule has 0 saturated carbocycles. The third-order valence-corrected chi connectivity index (χ3v) is 4.23. The molecule has 152 valence electrons. The lowest BCUT2D eigenvalue weighted by Crippen LogP contribution is -2.28. The highest BCUT2D eigenvalue weighted by atomic mass is 16.5. The van der Waals surface area contributed by atoms with Gasteiger partial charge in [0, 0.05) is 18.8 Å². The van der Waals surface area contributed by atoms with Gasteiger partial charge in [0.15, 0.2) is 23.9 Å². The largest absolute Gasteiger partial charge is 0.493 e. The van der Waals surface area contributed by atoms with Gasteiger partial charge in [0.05, 0.1) is 13.7 Å². The Morgan fingerprint density at radius 1 is 1.10 bits per heavy atom. The third kappa shape index (κ3) is 5.55. The molecule has 0 spiro atoms. The number of hydrogen-bond donors (Lipinski definition) is 2.